The summed E-state index contributed by atoms with van der Waals surface area (Å²) in [4.78, 5) is 53.7. The smallest absolute Gasteiger partial charge is 0.316 e. The number of anilines is 2. The lowest BCUT2D eigenvalue weighted by atomic mass is 9.81. The molecule has 2 heterocycles. The normalized spacial score (nSPS) is 24.0. The Bertz CT molecular complexity index is 1120. The highest BCUT2D eigenvalue weighted by Gasteiger charge is 2.48. The first-order valence-corrected chi connectivity index (χ1v) is 12.2. The zero-order valence-corrected chi connectivity index (χ0v) is 19.6. The van der Waals surface area contributed by atoms with E-state index in [4.69, 9.17) is 9.47 Å². The zero-order valence-electron chi connectivity index (χ0n) is 19.6. The first-order valence-electron chi connectivity index (χ1n) is 12.2. The average Bonchev–Trinajstić information content (AvgIpc) is 3.38. The Hall–Kier alpha value is -3.68. The fraction of sp³-hybridized carbons (Fsp3) is 0.407. The second-order valence-corrected chi connectivity index (χ2v) is 9.26. The van der Waals surface area contributed by atoms with Crippen LogP contribution in [-0.2, 0) is 19.2 Å². The van der Waals surface area contributed by atoms with Crippen molar-refractivity contribution in [3.63, 3.8) is 0 Å². The number of ether oxygens (including phenoxy) is 2. The molecule has 3 aliphatic rings. The largest absolute Gasteiger partial charge is 0.494 e. The topological polar surface area (TPSA) is 93.2 Å². The van der Waals surface area contributed by atoms with Gasteiger partial charge in [-0.15, -0.1) is 0 Å². The molecule has 5 rings (SSSR count). The molecule has 182 valence electrons. The molecule has 0 N–H and O–H groups in total. The fourth-order valence-electron chi connectivity index (χ4n) is 5.28. The van der Waals surface area contributed by atoms with Crippen LogP contribution in [0, 0.1) is 17.8 Å². The van der Waals surface area contributed by atoms with E-state index in [-0.39, 0.29) is 42.5 Å². The van der Waals surface area contributed by atoms with Gasteiger partial charge in [-0.05, 0) is 68.3 Å². The molecule has 0 aromatic heterocycles. The molecule has 8 heteroatoms. The van der Waals surface area contributed by atoms with E-state index >= 15 is 0 Å². The Kier molecular flexibility index (Phi) is 6.28. The number of amides is 3. The molecule has 2 aromatic rings. The predicted octanol–water partition coefficient (Wildman–Crippen LogP) is 3.72. The van der Waals surface area contributed by atoms with Gasteiger partial charge in [0.25, 0.3) is 0 Å². The van der Waals surface area contributed by atoms with Gasteiger partial charge in [-0.1, -0.05) is 12.8 Å². The Labute approximate surface area is 203 Å². The van der Waals surface area contributed by atoms with Crippen LogP contribution in [0.25, 0.3) is 0 Å². The first kappa shape index (κ1) is 23.1. The first-order chi connectivity index (χ1) is 17.0. The second kappa shape index (κ2) is 9.52. The number of nitrogens with zero attached hydrogens (tertiary/aromatic N) is 2. The Balaban J connectivity index is 1.22. The molecule has 2 aromatic carbocycles. The van der Waals surface area contributed by atoms with Crippen LogP contribution in [0.1, 0.15) is 39.0 Å². The monoisotopic (exact) mass is 476 g/mol. The van der Waals surface area contributed by atoms with Gasteiger partial charge in [0.15, 0.2) is 0 Å². The molecule has 0 spiro atoms. The molecule has 2 aliphatic heterocycles. The van der Waals surface area contributed by atoms with E-state index in [1.807, 2.05) is 6.92 Å². The van der Waals surface area contributed by atoms with E-state index in [9.17, 15) is 19.2 Å². The maximum Gasteiger partial charge on any atom is 0.316 e. The van der Waals surface area contributed by atoms with Crippen molar-refractivity contribution >= 4 is 35.1 Å². The van der Waals surface area contributed by atoms with Crippen molar-refractivity contribution in [2.75, 3.05) is 23.0 Å². The SMILES string of the molecule is CCOc1ccc(N2C[C@H](C(=O)Oc3ccc(N4C(=O)[C@@H]5CCCC[C@H]5C4=O)cc3)CC2=O)cc1. The molecule has 0 bridgehead atoms. The van der Waals surface area contributed by atoms with E-state index < -0.39 is 11.9 Å². The van der Waals surface area contributed by atoms with Crippen LogP contribution in [-0.4, -0.2) is 36.8 Å². The van der Waals surface area contributed by atoms with Crippen LogP contribution in [0.15, 0.2) is 48.5 Å². The maximum absolute atomic E-state index is 12.8. The van der Waals surface area contributed by atoms with Gasteiger partial charge in [0.1, 0.15) is 11.5 Å². The summed E-state index contributed by atoms with van der Waals surface area (Å²) in [6.07, 6.45) is 3.54. The van der Waals surface area contributed by atoms with Gasteiger partial charge >= 0.3 is 5.97 Å². The summed E-state index contributed by atoms with van der Waals surface area (Å²) < 4.78 is 11.0. The van der Waals surface area contributed by atoms with E-state index in [1.165, 1.54) is 4.90 Å². The second-order valence-electron chi connectivity index (χ2n) is 9.26. The Morgan fingerprint density at radius 1 is 0.857 bits per heavy atom. The van der Waals surface area contributed by atoms with Crippen molar-refractivity contribution in [3.05, 3.63) is 48.5 Å². The summed E-state index contributed by atoms with van der Waals surface area (Å²) in [5.41, 5.74) is 1.20. The minimum atomic E-state index is -0.585. The number of benzene rings is 2. The third kappa shape index (κ3) is 4.40. The van der Waals surface area contributed by atoms with Gasteiger partial charge in [0, 0.05) is 18.7 Å². The maximum atomic E-state index is 12.8. The van der Waals surface area contributed by atoms with Gasteiger partial charge in [0.2, 0.25) is 17.7 Å². The molecule has 3 atom stereocenters. The molecule has 35 heavy (non-hydrogen) atoms. The van der Waals surface area contributed by atoms with Crippen molar-refractivity contribution < 1.29 is 28.7 Å². The lowest BCUT2D eigenvalue weighted by molar-refractivity contribution is -0.139. The molecule has 8 nitrogen and oxygen atoms in total. The average molecular weight is 477 g/mol. The van der Waals surface area contributed by atoms with Gasteiger partial charge in [0.05, 0.1) is 30.0 Å². The number of carbonyl (C=O) groups is 4. The van der Waals surface area contributed by atoms with E-state index in [0.717, 1.165) is 31.4 Å². The van der Waals surface area contributed by atoms with Crippen LogP contribution in [0.4, 0.5) is 11.4 Å². The highest BCUT2D eigenvalue weighted by atomic mass is 16.5. The summed E-state index contributed by atoms with van der Waals surface area (Å²) in [6.45, 7) is 2.70. The highest BCUT2D eigenvalue weighted by Crippen LogP contribution is 2.40. The number of hydrogen-bond acceptors (Lipinski definition) is 6. The summed E-state index contributed by atoms with van der Waals surface area (Å²) in [5, 5.41) is 0. The summed E-state index contributed by atoms with van der Waals surface area (Å²) >= 11 is 0. The molecular weight excluding hydrogens is 448 g/mol. The van der Waals surface area contributed by atoms with Crippen LogP contribution in [0.3, 0.4) is 0 Å². The molecule has 0 radical (unpaired) electrons. The molecule has 2 saturated heterocycles. The predicted molar refractivity (Wildman–Crippen MR) is 128 cm³/mol. The van der Waals surface area contributed by atoms with Crippen molar-refractivity contribution in [1.82, 2.24) is 0 Å². The number of carbonyl (C=O) groups excluding carboxylic acids is 4. The molecular formula is C27H28N2O6. The van der Waals surface area contributed by atoms with Gasteiger partial charge in [-0.25, -0.2) is 0 Å². The van der Waals surface area contributed by atoms with Crippen LogP contribution in [0.2, 0.25) is 0 Å². The summed E-state index contributed by atoms with van der Waals surface area (Å²) in [6, 6.07) is 13.6. The van der Waals surface area contributed by atoms with Crippen molar-refractivity contribution in [2.24, 2.45) is 17.8 Å². The minimum absolute atomic E-state index is 0.0731. The van der Waals surface area contributed by atoms with Crippen LogP contribution >= 0.6 is 0 Å². The van der Waals surface area contributed by atoms with Crippen LogP contribution in [0.5, 0.6) is 11.5 Å². The summed E-state index contributed by atoms with van der Waals surface area (Å²) in [5.74, 6) is -0.886. The standard InChI is InChI=1S/C27H28N2O6/c1-2-34-20-11-7-18(8-12-20)28-16-17(15-24(28)30)27(33)35-21-13-9-19(10-14-21)29-25(31)22-5-3-4-6-23(22)26(29)32/h7-14,17,22-23H,2-6,15-16H2,1H3/t17-,22-,23-/m1/s1. The lowest BCUT2D eigenvalue weighted by Crippen LogP contribution is -2.30. The third-order valence-corrected chi connectivity index (χ3v) is 7.07. The van der Waals surface area contributed by atoms with Gasteiger partial charge < -0.3 is 14.4 Å². The fourth-order valence-corrected chi connectivity index (χ4v) is 5.28. The molecule has 1 aliphatic carbocycles. The van der Waals surface area contributed by atoms with Crippen LogP contribution < -0.4 is 19.3 Å². The zero-order chi connectivity index (χ0) is 24.5. The van der Waals surface area contributed by atoms with E-state index in [1.54, 1.807) is 53.4 Å². The van der Waals surface area contributed by atoms with Gasteiger partial charge in [-0.3, -0.25) is 24.1 Å². The molecule has 0 unspecified atom stereocenters. The lowest BCUT2D eigenvalue weighted by Gasteiger charge is -2.19. The Morgan fingerprint density at radius 3 is 2.03 bits per heavy atom. The number of esters is 1. The van der Waals surface area contributed by atoms with Gasteiger partial charge in [-0.2, -0.15) is 0 Å². The highest BCUT2D eigenvalue weighted by molar-refractivity contribution is 6.22. The minimum Gasteiger partial charge on any atom is -0.494 e. The number of rotatable bonds is 6. The molecule has 1 saturated carbocycles. The van der Waals surface area contributed by atoms with Crippen molar-refractivity contribution in [1.29, 1.82) is 0 Å². The number of fused-ring (bicyclic) bond motifs is 1. The van der Waals surface area contributed by atoms with Crippen molar-refractivity contribution in [3.8, 4) is 11.5 Å². The number of hydrogen-bond donors (Lipinski definition) is 0. The molecule has 3 amide bonds. The quantitative estimate of drug-likeness (QED) is 0.358. The van der Waals surface area contributed by atoms with E-state index in [0.29, 0.717) is 23.7 Å². The van der Waals surface area contributed by atoms with Crippen molar-refractivity contribution in [2.45, 2.75) is 39.0 Å². The summed E-state index contributed by atoms with van der Waals surface area (Å²) in [7, 11) is 0. The third-order valence-electron chi connectivity index (χ3n) is 7.07. The molecule has 3 fully saturated rings. The Morgan fingerprint density at radius 2 is 1.43 bits per heavy atom. The van der Waals surface area contributed by atoms with E-state index in [2.05, 4.69) is 0 Å². The number of imide groups is 1.